The molecule has 1 aliphatic heterocycles. The lowest BCUT2D eigenvalue weighted by atomic mass is 10.1. The number of imide groups is 1. The molecule has 1 aromatic rings. The SMILES string of the molecule is CCOC(C)NC(=O)C(C)Nc1cc(N2C(=O)CC(=C(C)C)C2=O)ccc1Cl. The molecular formula is C20H26ClN3O4. The summed E-state index contributed by atoms with van der Waals surface area (Å²) in [6.07, 6.45) is -0.327. The van der Waals surface area contributed by atoms with Gasteiger partial charge in [0.25, 0.3) is 5.91 Å². The Labute approximate surface area is 170 Å². The maximum absolute atomic E-state index is 12.6. The fourth-order valence-corrected chi connectivity index (χ4v) is 3.06. The predicted molar refractivity (Wildman–Crippen MR) is 109 cm³/mol. The number of nitrogens with one attached hydrogen (secondary N) is 2. The molecule has 0 aliphatic carbocycles. The summed E-state index contributed by atoms with van der Waals surface area (Å²) in [4.78, 5) is 38.4. The molecule has 1 aromatic carbocycles. The molecule has 1 heterocycles. The van der Waals surface area contributed by atoms with Gasteiger partial charge in [0.1, 0.15) is 12.3 Å². The summed E-state index contributed by atoms with van der Waals surface area (Å²) in [5.41, 5.74) is 2.19. The average molecular weight is 408 g/mol. The van der Waals surface area contributed by atoms with E-state index in [9.17, 15) is 14.4 Å². The van der Waals surface area contributed by atoms with Crippen molar-refractivity contribution in [1.82, 2.24) is 5.32 Å². The van der Waals surface area contributed by atoms with E-state index >= 15 is 0 Å². The molecule has 2 atom stereocenters. The molecule has 3 amide bonds. The molecule has 0 spiro atoms. The number of hydrogen-bond donors (Lipinski definition) is 2. The van der Waals surface area contributed by atoms with Crippen LogP contribution in [0.5, 0.6) is 0 Å². The fourth-order valence-electron chi connectivity index (χ4n) is 2.88. The van der Waals surface area contributed by atoms with Crippen molar-refractivity contribution >= 4 is 40.7 Å². The van der Waals surface area contributed by atoms with Crippen molar-refractivity contribution in [3.63, 3.8) is 0 Å². The van der Waals surface area contributed by atoms with Crippen LogP contribution in [0.25, 0.3) is 0 Å². The lowest BCUT2D eigenvalue weighted by Crippen LogP contribution is -2.43. The molecule has 1 fully saturated rings. The maximum atomic E-state index is 12.6. The molecule has 1 saturated heterocycles. The molecule has 0 saturated carbocycles. The first-order chi connectivity index (χ1) is 13.1. The van der Waals surface area contributed by atoms with Crippen molar-refractivity contribution in [1.29, 1.82) is 0 Å². The highest BCUT2D eigenvalue weighted by Gasteiger charge is 2.35. The third-order valence-corrected chi connectivity index (χ3v) is 4.71. The third kappa shape index (κ3) is 4.91. The largest absolute Gasteiger partial charge is 0.373 e. The lowest BCUT2D eigenvalue weighted by molar-refractivity contribution is -0.125. The number of nitrogens with zero attached hydrogens (tertiary/aromatic N) is 1. The number of anilines is 2. The number of rotatable bonds is 7. The first-order valence-corrected chi connectivity index (χ1v) is 9.55. The molecule has 28 heavy (non-hydrogen) atoms. The Kier molecular flexibility index (Phi) is 7.21. The molecule has 0 aromatic heterocycles. The fraction of sp³-hybridized carbons (Fsp3) is 0.450. The van der Waals surface area contributed by atoms with E-state index in [0.29, 0.717) is 28.6 Å². The van der Waals surface area contributed by atoms with Crippen LogP contribution in [0.1, 0.15) is 41.0 Å². The van der Waals surface area contributed by atoms with Gasteiger partial charge in [0.05, 0.1) is 22.8 Å². The van der Waals surface area contributed by atoms with Crippen LogP contribution in [-0.4, -0.2) is 36.6 Å². The van der Waals surface area contributed by atoms with Crippen LogP contribution in [0.15, 0.2) is 29.3 Å². The first kappa shape index (κ1) is 21.9. The van der Waals surface area contributed by atoms with E-state index in [2.05, 4.69) is 10.6 Å². The Morgan fingerprint density at radius 2 is 1.96 bits per heavy atom. The number of ether oxygens (including phenoxy) is 1. The summed E-state index contributed by atoms with van der Waals surface area (Å²) in [7, 11) is 0. The number of amides is 3. The average Bonchev–Trinajstić information content (AvgIpc) is 2.91. The summed E-state index contributed by atoms with van der Waals surface area (Å²) >= 11 is 6.24. The second-order valence-corrected chi connectivity index (χ2v) is 7.23. The van der Waals surface area contributed by atoms with Crippen molar-refractivity contribution in [2.75, 3.05) is 16.8 Å². The van der Waals surface area contributed by atoms with Gasteiger partial charge < -0.3 is 15.4 Å². The summed E-state index contributed by atoms with van der Waals surface area (Å²) in [5.74, 6) is -0.872. The number of halogens is 1. The summed E-state index contributed by atoms with van der Waals surface area (Å²) in [6, 6.07) is 4.20. The number of allylic oxidation sites excluding steroid dienone is 1. The van der Waals surface area contributed by atoms with E-state index < -0.39 is 12.3 Å². The quantitative estimate of drug-likeness (QED) is 0.411. The second kappa shape index (κ2) is 9.21. The minimum absolute atomic E-state index is 0.0840. The van der Waals surface area contributed by atoms with Gasteiger partial charge >= 0.3 is 0 Å². The van der Waals surface area contributed by atoms with Crippen molar-refractivity contribution in [2.24, 2.45) is 0 Å². The van der Waals surface area contributed by atoms with Crippen LogP contribution in [0, 0.1) is 0 Å². The highest BCUT2D eigenvalue weighted by Crippen LogP contribution is 2.33. The van der Waals surface area contributed by atoms with Gasteiger partial charge in [0, 0.05) is 12.2 Å². The Balaban J connectivity index is 2.20. The molecule has 0 bridgehead atoms. The number of carbonyl (C=O) groups is 3. The topological polar surface area (TPSA) is 87.7 Å². The monoisotopic (exact) mass is 407 g/mol. The highest BCUT2D eigenvalue weighted by atomic mass is 35.5. The van der Waals surface area contributed by atoms with E-state index in [1.165, 1.54) is 0 Å². The van der Waals surface area contributed by atoms with Crippen molar-refractivity contribution in [2.45, 2.75) is 53.3 Å². The van der Waals surface area contributed by atoms with Gasteiger partial charge in [-0.25, -0.2) is 4.90 Å². The molecule has 1 aliphatic rings. The van der Waals surface area contributed by atoms with Crippen LogP contribution >= 0.6 is 11.6 Å². The Bertz CT molecular complexity index is 818. The van der Waals surface area contributed by atoms with Gasteiger partial charge in [-0.2, -0.15) is 0 Å². The van der Waals surface area contributed by atoms with E-state index in [1.54, 1.807) is 32.0 Å². The first-order valence-electron chi connectivity index (χ1n) is 9.17. The lowest BCUT2D eigenvalue weighted by Gasteiger charge is -2.21. The normalized spacial score (nSPS) is 16.2. The smallest absolute Gasteiger partial charge is 0.261 e. The van der Waals surface area contributed by atoms with Gasteiger partial charge in [0.2, 0.25) is 11.8 Å². The van der Waals surface area contributed by atoms with Gasteiger partial charge in [-0.1, -0.05) is 17.2 Å². The van der Waals surface area contributed by atoms with E-state index in [1.807, 2.05) is 20.8 Å². The van der Waals surface area contributed by atoms with Crippen LogP contribution in [-0.2, 0) is 19.1 Å². The third-order valence-electron chi connectivity index (χ3n) is 4.38. The van der Waals surface area contributed by atoms with Gasteiger partial charge in [0.15, 0.2) is 0 Å². The second-order valence-electron chi connectivity index (χ2n) is 6.83. The molecule has 2 unspecified atom stereocenters. The van der Waals surface area contributed by atoms with Crippen LogP contribution in [0.4, 0.5) is 11.4 Å². The van der Waals surface area contributed by atoms with Crippen molar-refractivity contribution in [3.05, 3.63) is 34.4 Å². The number of benzene rings is 1. The summed E-state index contributed by atoms with van der Waals surface area (Å²) in [6.45, 7) is 9.38. The minimum atomic E-state index is -0.603. The Hall–Kier alpha value is -2.38. The predicted octanol–water partition coefficient (Wildman–Crippen LogP) is 3.24. The Morgan fingerprint density at radius 1 is 1.29 bits per heavy atom. The van der Waals surface area contributed by atoms with Crippen LogP contribution < -0.4 is 15.5 Å². The molecule has 152 valence electrons. The maximum Gasteiger partial charge on any atom is 0.261 e. The molecule has 8 heteroatoms. The number of hydrogen-bond acceptors (Lipinski definition) is 5. The van der Waals surface area contributed by atoms with Crippen molar-refractivity contribution < 1.29 is 19.1 Å². The zero-order chi connectivity index (χ0) is 21.0. The van der Waals surface area contributed by atoms with E-state index in [0.717, 1.165) is 10.5 Å². The van der Waals surface area contributed by atoms with Gasteiger partial charge in [-0.15, -0.1) is 0 Å². The van der Waals surface area contributed by atoms with Gasteiger partial charge in [-0.05, 0) is 52.8 Å². The van der Waals surface area contributed by atoms with Gasteiger partial charge in [-0.3, -0.25) is 14.4 Å². The Morgan fingerprint density at radius 3 is 2.54 bits per heavy atom. The molecule has 2 rings (SSSR count). The minimum Gasteiger partial charge on any atom is -0.373 e. The molecular weight excluding hydrogens is 382 g/mol. The number of carbonyl (C=O) groups excluding carboxylic acids is 3. The highest BCUT2D eigenvalue weighted by molar-refractivity contribution is 6.34. The summed E-state index contributed by atoms with van der Waals surface area (Å²) in [5, 5.41) is 6.13. The zero-order valence-electron chi connectivity index (χ0n) is 16.8. The van der Waals surface area contributed by atoms with E-state index in [-0.39, 0.29) is 24.1 Å². The molecule has 7 nitrogen and oxygen atoms in total. The van der Waals surface area contributed by atoms with Crippen LogP contribution in [0.2, 0.25) is 5.02 Å². The molecule has 2 N–H and O–H groups in total. The van der Waals surface area contributed by atoms with Crippen LogP contribution in [0.3, 0.4) is 0 Å². The molecule has 0 radical (unpaired) electrons. The summed E-state index contributed by atoms with van der Waals surface area (Å²) < 4.78 is 5.30. The zero-order valence-corrected chi connectivity index (χ0v) is 17.5. The van der Waals surface area contributed by atoms with Crippen molar-refractivity contribution in [3.8, 4) is 0 Å². The standard InChI is InChI=1S/C20H26ClN3O4/c1-6-28-13(5)23-19(26)12(4)22-17-9-14(7-8-16(17)21)24-18(25)10-15(11(2)3)20(24)27/h7-9,12-13,22H,6,10H2,1-5H3,(H,23,26). The van der Waals surface area contributed by atoms with E-state index in [4.69, 9.17) is 16.3 Å².